The number of nitrogens with zero attached hydrogens (tertiary/aromatic N) is 1. The van der Waals surface area contributed by atoms with E-state index < -0.39 is 0 Å². The topological polar surface area (TPSA) is 15.3 Å². The predicted molar refractivity (Wildman–Crippen MR) is 87.1 cm³/mol. The van der Waals surface area contributed by atoms with Crippen molar-refractivity contribution in [3.05, 3.63) is 53.6 Å². The predicted octanol–water partition coefficient (Wildman–Crippen LogP) is 4.51. The van der Waals surface area contributed by atoms with Gasteiger partial charge in [-0.05, 0) is 62.1 Å². The van der Waals surface area contributed by atoms with Crippen LogP contribution in [0.5, 0.6) is 0 Å². The van der Waals surface area contributed by atoms with Crippen molar-refractivity contribution in [2.24, 2.45) is 0 Å². The fourth-order valence-electron chi connectivity index (χ4n) is 2.93. The van der Waals surface area contributed by atoms with E-state index in [-0.39, 0.29) is 0 Å². The van der Waals surface area contributed by atoms with Gasteiger partial charge in [0.25, 0.3) is 0 Å². The zero-order valence-electron chi connectivity index (χ0n) is 12.3. The standard InChI is InChI=1S/C18H22N2/c1-3-20(16-8-4-6-14(2)12-16)17-10-9-15-7-5-11-19-18(15)13-17/h4,6,8-10,12-13,19H,3,5,7,11H2,1-2H3. The molecule has 0 amide bonds. The smallest absolute Gasteiger partial charge is 0.0431 e. The lowest BCUT2D eigenvalue weighted by atomic mass is 10.0. The molecule has 0 atom stereocenters. The molecule has 0 fully saturated rings. The number of benzene rings is 2. The van der Waals surface area contributed by atoms with E-state index in [0.717, 1.165) is 13.1 Å². The van der Waals surface area contributed by atoms with Gasteiger partial charge in [-0.1, -0.05) is 18.2 Å². The van der Waals surface area contributed by atoms with Crippen LogP contribution in [0.25, 0.3) is 0 Å². The van der Waals surface area contributed by atoms with Crippen molar-refractivity contribution < 1.29 is 0 Å². The summed E-state index contributed by atoms with van der Waals surface area (Å²) in [5, 5.41) is 3.52. The van der Waals surface area contributed by atoms with Gasteiger partial charge >= 0.3 is 0 Å². The average molecular weight is 266 g/mol. The number of anilines is 3. The van der Waals surface area contributed by atoms with Crippen molar-refractivity contribution in [2.45, 2.75) is 26.7 Å². The number of fused-ring (bicyclic) bond motifs is 1. The zero-order valence-corrected chi connectivity index (χ0v) is 12.3. The maximum atomic E-state index is 3.52. The molecule has 2 aromatic rings. The van der Waals surface area contributed by atoms with Crippen LogP contribution in [0.1, 0.15) is 24.5 Å². The Morgan fingerprint density at radius 1 is 1.10 bits per heavy atom. The molecule has 0 aromatic heterocycles. The molecule has 1 aliphatic heterocycles. The first kappa shape index (κ1) is 13.0. The van der Waals surface area contributed by atoms with Crippen LogP contribution >= 0.6 is 0 Å². The molecule has 2 nitrogen and oxygen atoms in total. The molecule has 2 aromatic carbocycles. The summed E-state index contributed by atoms with van der Waals surface area (Å²) in [6.45, 7) is 6.41. The van der Waals surface area contributed by atoms with Gasteiger partial charge < -0.3 is 10.2 Å². The fraction of sp³-hybridized carbons (Fsp3) is 0.333. The van der Waals surface area contributed by atoms with Crippen molar-refractivity contribution >= 4 is 17.1 Å². The minimum absolute atomic E-state index is 0.974. The highest BCUT2D eigenvalue weighted by atomic mass is 15.1. The lowest BCUT2D eigenvalue weighted by Gasteiger charge is -2.26. The summed E-state index contributed by atoms with van der Waals surface area (Å²) in [7, 11) is 0. The first-order valence-corrected chi connectivity index (χ1v) is 7.49. The van der Waals surface area contributed by atoms with Crippen LogP contribution < -0.4 is 10.2 Å². The Kier molecular flexibility index (Phi) is 3.64. The number of rotatable bonds is 3. The Morgan fingerprint density at radius 3 is 2.75 bits per heavy atom. The van der Waals surface area contributed by atoms with Gasteiger partial charge in [-0.2, -0.15) is 0 Å². The Morgan fingerprint density at radius 2 is 1.95 bits per heavy atom. The largest absolute Gasteiger partial charge is 0.385 e. The highest BCUT2D eigenvalue weighted by Crippen LogP contribution is 2.31. The monoisotopic (exact) mass is 266 g/mol. The molecule has 0 spiro atoms. The summed E-state index contributed by atoms with van der Waals surface area (Å²) in [4.78, 5) is 2.36. The third-order valence-electron chi connectivity index (χ3n) is 3.97. The minimum Gasteiger partial charge on any atom is -0.385 e. The van der Waals surface area contributed by atoms with E-state index >= 15 is 0 Å². The average Bonchev–Trinajstić information content (AvgIpc) is 2.48. The molecular weight excluding hydrogens is 244 g/mol. The van der Waals surface area contributed by atoms with Gasteiger partial charge in [0.15, 0.2) is 0 Å². The maximum absolute atomic E-state index is 3.52. The first-order valence-electron chi connectivity index (χ1n) is 7.49. The van der Waals surface area contributed by atoms with Crippen LogP contribution in [0.2, 0.25) is 0 Å². The van der Waals surface area contributed by atoms with Gasteiger partial charge in [-0.25, -0.2) is 0 Å². The molecule has 0 unspecified atom stereocenters. The molecule has 0 aliphatic carbocycles. The van der Waals surface area contributed by atoms with Gasteiger partial charge in [0.05, 0.1) is 0 Å². The third kappa shape index (κ3) is 2.51. The van der Waals surface area contributed by atoms with E-state index in [1.165, 1.54) is 41.0 Å². The molecule has 1 aliphatic rings. The molecule has 0 radical (unpaired) electrons. The molecule has 1 heterocycles. The number of nitrogens with one attached hydrogen (secondary N) is 1. The van der Waals surface area contributed by atoms with E-state index in [2.05, 4.69) is 66.5 Å². The van der Waals surface area contributed by atoms with Gasteiger partial charge in [0.2, 0.25) is 0 Å². The molecule has 3 rings (SSSR count). The normalized spacial score (nSPS) is 13.5. The van der Waals surface area contributed by atoms with Crippen LogP contribution in [0.4, 0.5) is 17.1 Å². The fourth-order valence-corrected chi connectivity index (χ4v) is 2.93. The molecular formula is C18H22N2. The SMILES string of the molecule is CCN(c1cccc(C)c1)c1ccc2c(c1)NCCC2. The van der Waals surface area contributed by atoms with E-state index in [1.807, 2.05) is 0 Å². The Balaban J connectivity index is 1.97. The third-order valence-corrected chi connectivity index (χ3v) is 3.97. The molecule has 20 heavy (non-hydrogen) atoms. The summed E-state index contributed by atoms with van der Waals surface area (Å²) in [5.74, 6) is 0. The Hall–Kier alpha value is -1.96. The minimum atomic E-state index is 0.974. The van der Waals surface area contributed by atoms with Crippen LogP contribution in [-0.2, 0) is 6.42 Å². The second kappa shape index (κ2) is 5.58. The van der Waals surface area contributed by atoms with Crippen LogP contribution in [-0.4, -0.2) is 13.1 Å². The quantitative estimate of drug-likeness (QED) is 0.879. The van der Waals surface area contributed by atoms with Gasteiger partial charge in [-0.15, -0.1) is 0 Å². The van der Waals surface area contributed by atoms with Crippen LogP contribution in [0, 0.1) is 6.92 Å². The molecule has 0 bridgehead atoms. The van der Waals surface area contributed by atoms with E-state index in [0.29, 0.717) is 0 Å². The van der Waals surface area contributed by atoms with Crippen LogP contribution in [0.15, 0.2) is 42.5 Å². The highest BCUT2D eigenvalue weighted by molar-refractivity contribution is 5.70. The van der Waals surface area contributed by atoms with Gasteiger partial charge in [0, 0.05) is 30.2 Å². The highest BCUT2D eigenvalue weighted by Gasteiger charge is 2.12. The summed E-state index contributed by atoms with van der Waals surface area (Å²) < 4.78 is 0. The van der Waals surface area contributed by atoms with Crippen LogP contribution in [0.3, 0.4) is 0 Å². The number of hydrogen-bond acceptors (Lipinski definition) is 2. The molecule has 104 valence electrons. The molecule has 1 N–H and O–H groups in total. The van der Waals surface area contributed by atoms with Gasteiger partial charge in [0.1, 0.15) is 0 Å². The maximum Gasteiger partial charge on any atom is 0.0431 e. The lowest BCUT2D eigenvalue weighted by Crippen LogP contribution is -2.18. The lowest BCUT2D eigenvalue weighted by molar-refractivity contribution is 0.829. The summed E-state index contributed by atoms with van der Waals surface area (Å²) >= 11 is 0. The van der Waals surface area contributed by atoms with E-state index in [1.54, 1.807) is 0 Å². The molecule has 0 saturated heterocycles. The van der Waals surface area contributed by atoms with Gasteiger partial charge in [-0.3, -0.25) is 0 Å². The second-order valence-corrected chi connectivity index (χ2v) is 5.46. The van der Waals surface area contributed by atoms with E-state index in [9.17, 15) is 0 Å². The van der Waals surface area contributed by atoms with Crippen molar-refractivity contribution in [1.29, 1.82) is 0 Å². The first-order chi connectivity index (χ1) is 9.78. The summed E-state index contributed by atoms with van der Waals surface area (Å²) in [6, 6.07) is 15.5. The van der Waals surface area contributed by atoms with Crippen molar-refractivity contribution in [3.8, 4) is 0 Å². The zero-order chi connectivity index (χ0) is 13.9. The number of hydrogen-bond donors (Lipinski definition) is 1. The summed E-state index contributed by atoms with van der Waals surface area (Å²) in [6.07, 6.45) is 2.43. The molecule has 0 saturated carbocycles. The molecule has 2 heteroatoms. The van der Waals surface area contributed by atoms with E-state index in [4.69, 9.17) is 0 Å². The summed E-state index contributed by atoms with van der Waals surface area (Å²) in [5.41, 5.74) is 6.59. The van der Waals surface area contributed by atoms with Crippen molar-refractivity contribution in [2.75, 3.05) is 23.3 Å². The van der Waals surface area contributed by atoms with Crippen molar-refractivity contribution in [1.82, 2.24) is 0 Å². The number of aryl methyl sites for hydroxylation is 2. The second-order valence-electron chi connectivity index (χ2n) is 5.46. The van der Waals surface area contributed by atoms with Crippen molar-refractivity contribution in [3.63, 3.8) is 0 Å². The Bertz CT molecular complexity index is 604. The Labute approximate surface area is 121 Å².